The number of fused-ring (bicyclic) bond motifs is 2. The molecule has 5 rings (SSSR count). The zero-order chi connectivity index (χ0) is 21.9. The largest absolute Gasteiger partial charge is 0.397 e. The van der Waals surface area contributed by atoms with Crippen molar-refractivity contribution in [1.29, 1.82) is 0 Å². The summed E-state index contributed by atoms with van der Waals surface area (Å²) < 4.78 is 0. The van der Waals surface area contributed by atoms with Crippen molar-refractivity contribution < 1.29 is 9.90 Å². The van der Waals surface area contributed by atoms with Gasteiger partial charge in [-0.1, -0.05) is 23.2 Å². The molecule has 160 valence electrons. The van der Waals surface area contributed by atoms with Gasteiger partial charge in [-0.25, -0.2) is 4.98 Å². The van der Waals surface area contributed by atoms with E-state index < -0.39 is 0 Å². The maximum atomic E-state index is 12.8. The monoisotopic (exact) mass is 456 g/mol. The predicted molar refractivity (Wildman–Crippen MR) is 123 cm³/mol. The number of hydrogen-bond donors (Lipinski definition) is 3. The number of nitrogen functional groups attached to an aromatic ring is 1. The number of amides is 1. The fourth-order valence-corrected chi connectivity index (χ4v) is 5.77. The first-order chi connectivity index (χ1) is 14.9. The molecule has 1 amide bonds. The average molecular weight is 457 g/mol. The maximum Gasteiger partial charge on any atom is 0.229 e. The first kappa shape index (κ1) is 20.5. The molecule has 0 radical (unpaired) electrons. The minimum Gasteiger partial charge on any atom is -0.397 e. The Labute approximate surface area is 189 Å². The number of aliphatic hydroxyl groups excluding tert-OH is 1. The van der Waals surface area contributed by atoms with Gasteiger partial charge < -0.3 is 16.2 Å². The normalized spacial score (nSPS) is 24.3. The van der Waals surface area contributed by atoms with Crippen LogP contribution in [0, 0.1) is 30.6 Å². The topological polar surface area (TPSA) is 101 Å². The third-order valence-electron chi connectivity index (χ3n) is 6.77. The zero-order valence-corrected chi connectivity index (χ0v) is 18.4. The molecule has 3 aromatic rings. The lowest BCUT2D eigenvalue weighted by molar-refractivity contribution is -0.118. The van der Waals surface area contributed by atoms with Crippen molar-refractivity contribution in [2.24, 2.45) is 23.7 Å². The Balaban J connectivity index is 1.48. The molecule has 2 saturated carbocycles. The van der Waals surface area contributed by atoms with Crippen molar-refractivity contribution in [3.63, 3.8) is 0 Å². The van der Waals surface area contributed by atoms with Crippen LogP contribution < -0.4 is 11.1 Å². The first-order valence-electron chi connectivity index (χ1n) is 10.3. The van der Waals surface area contributed by atoms with Crippen LogP contribution >= 0.6 is 23.2 Å². The highest BCUT2D eigenvalue weighted by Gasteiger charge is 2.59. The molecule has 6 nitrogen and oxygen atoms in total. The van der Waals surface area contributed by atoms with Gasteiger partial charge in [-0.15, -0.1) is 0 Å². The minimum atomic E-state index is -0.0281. The molecule has 2 fully saturated rings. The first-order valence-corrected chi connectivity index (χ1v) is 11.0. The van der Waals surface area contributed by atoms with E-state index >= 15 is 0 Å². The van der Waals surface area contributed by atoms with Gasteiger partial charge in [-0.05, 0) is 55.2 Å². The van der Waals surface area contributed by atoms with Gasteiger partial charge in [0.15, 0.2) is 0 Å². The van der Waals surface area contributed by atoms with Crippen LogP contribution in [0.5, 0.6) is 0 Å². The van der Waals surface area contributed by atoms with E-state index in [1.54, 1.807) is 24.7 Å². The number of pyridine rings is 2. The molecule has 0 bridgehead atoms. The van der Waals surface area contributed by atoms with Crippen molar-refractivity contribution in [3.8, 4) is 11.1 Å². The number of benzene rings is 1. The zero-order valence-electron chi connectivity index (χ0n) is 16.9. The number of carbonyl (C=O) groups is 1. The van der Waals surface area contributed by atoms with Gasteiger partial charge in [0.05, 0.1) is 15.7 Å². The molecule has 4 atom stereocenters. The third-order valence-corrected chi connectivity index (χ3v) is 7.55. The Morgan fingerprint density at radius 1 is 1.23 bits per heavy atom. The predicted octanol–water partition coefficient (Wildman–Crippen LogP) is 4.70. The van der Waals surface area contributed by atoms with Gasteiger partial charge in [0.2, 0.25) is 5.91 Å². The lowest BCUT2D eigenvalue weighted by Crippen LogP contribution is -2.19. The Bertz CT molecular complexity index is 1200. The van der Waals surface area contributed by atoms with E-state index in [2.05, 4.69) is 15.3 Å². The molecule has 0 spiro atoms. The summed E-state index contributed by atoms with van der Waals surface area (Å²) in [6.45, 7) is 2.16. The van der Waals surface area contributed by atoms with E-state index in [4.69, 9.17) is 28.9 Å². The Morgan fingerprint density at radius 2 is 1.97 bits per heavy atom. The number of anilines is 2. The summed E-state index contributed by atoms with van der Waals surface area (Å²) in [6.07, 6.45) is 6.84. The smallest absolute Gasteiger partial charge is 0.229 e. The fourth-order valence-electron chi connectivity index (χ4n) is 5.07. The number of rotatable bonds is 4. The minimum absolute atomic E-state index is 0.000315. The van der Waals surface area contributed by atoms with E-state index in [9.17, 15) is 9.90 Å². The molecule has 0 aliphatic heterocycles. The highest BCUT2D eigenvalue weighted by molar-refractivity contribution is 6.45. The van der Waals surface area contributed by atoms with Gasteiger partial charge >= 0.3 is 0 Å². The summed E-state index contributed by atoms with van der Waals surface area (Å²) in [6, 6.07) is 3.63. The number of hydrogen-bond acceptors (Lipinski definition) is 5. The summed E-state index contributed by atoms with van der Waals surface area (Å²) in [4.78, 5) is 21.3. The molecule has 2 unspecified atom stereocenters. The molecule has 8 heteroatoms. The van der Waals surface area contributed by atoms with Crippen LogP contribution in [0.4, 0.5) is 11.5 Å². The SMILES string of the molecule is Cc1ccncc1-c1c(Cl)c(N)c2cnc(NC(=O)C3[C@H]4CC(CO)C[C@@H]34)cc2c1Cl. The van der Waals surface area contributed by atoms with Gasteiger partial charge in [-0.2, -0.15) is 0 Å². The number of aromatic nitrogens is 2. The molecule has 31 heavy (non-hydrogen) atoms. The number of halogens is 2. The highest BCUT2D eigenvalue weighted by atomic mass is 35.5. The molecular weight excluding hydrogens is 435 g/mol. The Morgan fingerprint density at radius 3 is 2.65 bits per heavy atom. The average Bonchev–Trinajstić information content (AvgIpc) is 3.27. The van der Waals surface area contributed by atoms with Gasteiger partial charge in [-0.3, -0.25) is 9.78 Å². The molecule has 1 aromatic carbocycles. The molecule has 4 N–H and O–H groups in total. The highest BCUT2D eigenvalue weighted by Crippen LogP contribution is 2.59. The van der Waals surface area contributed by atoms with Crippen LogP contribution in [0.3, 0.4) is 0 Å². The van der Waals surface area contributed by atoms with Gasteiger partial charge in [0, 0.05) is 53.0 Å². The number of nitrogens with two attached hydrogens (primary N) is 1. The summed E-state index contributed by atoms with van der Waals surface area (Å²) >= 11 is 13.4. The number of aliphatic hydroxyl groups is 1. The van der Waals surface area contributed by atoms with Gasteiger partial charge in [0.25, 0.3) is 0 Å². The lowest BCUT2D eigenvalue weighted by atomic mass is 9.98. The van der Waals surface area contributed by atoms with E-state index in [0.29, 0.717) is 55.6 Å². The molecule has 2 aromatic heterocycles. The number of aryl methyl sites for hydroxylation is 1. The van der Waals surface area contributed by atoms with Crippen LogP contribution in [-0.4, -0.2) is 27.6 Å². The summed E-state index contributed by atoms with van der Waals surface area (Å²) in [7, 11) is 0. The molecular formula is C23H22Cl2N4O2. The van der Waals surface area contributed by atoms with Crippen LogP contribution in [-0.2, 0) is 4.79 Å². The lowest BCUT2D eigenvalue weighted by Gasteiger charge is -2.16. The molecule has 0 saturated heterocycles. The molecule has 2 aliphatic carbocycles. The maximum absolute atomic E-state index is 12.8. The van der Waals surface area contributed by atoms with Gasteiger partial charge in [0.1, 0.15) is 5.82 Å². The number of nitrogens with one attached hydrogen (secondary N) is 1. The molecule has 2 aliphatic rings. The Hall–Kier alpha value is -2.41. The van der Waals surface area contributed by atoms with Crippen molar-refractivity contribution in [2.75, 3.05) is 17.7 Å². The van der Waals surface area contributed by atoms with E-state index in [0.717, 1.165) is 24.0 Å². The number of carbonyl (C=O) groups excluding carboxylic acids is 1. The number of nitrogens with zero attached hydrogens (tertiary/aromatic N) is 2. The van der Waals surface area contributed by atoms with Crippen LogP contribution in [0.15, 0.2) is 30.7 Å². The van der Waals surface area contributed by atoms with Crippen LogP contribution in [0.2, 0.25) is 10.0 Å². The second kappa shape index (κ2) is 7.62. The Kier molecular flexibility index (Phi) is 5.04. The van der Waals surface area contributed by atoms with Crippen LogP contribution in [0.25, 0.3) is 21.9 Å². The van der Waals surface area contributed by atoms with Crippen molar-refractivity contribution in [2.45, 2.75) is 19.8 Å². The van der Waals surface area contributed by atoms with Crippen LogP contribution in [0.1, 0.15) is 18.4 Å². The van der Waals surface area contributed by atoms with E-state index in [1.807, 2.05) is 13.0 Å². The van der Waals surface area contributed by atoms with Crippen molar-refractivity contribution >= 4 is 51.4 Å². The molecule has 2 heterocycles. The summed E-state index contributed by atoms with van der Waals surface area (Å²) in [5.41, 5.74) is 9.10. The third kappa shape index (κ3) is 3.34. The summed E-state index contributed by atoms with van der Waals surface area (Å²) in [5.74, 6) is 1.48. The van der Waals surface area contributed by atoms with Crippen molar-refractivity contribution in [3.05, 3.63) is 46.3 Å². The van der Waals surface area contributed by atoms with E-state index in [1.165, 1.54) is 0 Å². The summed E-state index contributed by atoms with van der Waals surface area (Å²) in [5, 5.41) is 14.3. The standard InChI is InChI=1S/C23H22Cl2N4O2/c1-10-2-3-27-7-15(10)19-20(24)14-6-17(28-8-16(14)22(26)21(19)25)29-23(31)18-12-4-11(9-30)5-13(12)18/h2-3,6-8,11-13,18,30H,4-5,9,26H2,1H3,(H,28,29,31)/t11?,12-,13+,18?. The van der Waals surface area contributed by atoms with Crippen molar-refractivity contribution in [1.82, 2.24) is 9.97 Å². The second-order valence-corrected chi connectivity index (χ2v) is 9.34. The fraction of sp³-hybridized carbons (Fsp3) is 0.348. The quantitative estimate of drug-likeness (QED) is 0.493. The van der Waals surface area contributed by atoms with E-state index in [-0.39, 0.29) is 18.4 Å². The second-order valence-electron chi connectivity index (χ2n) is 8.59.